The Morgan fingerprint density at radius 2 is 1.86 bits per heavy atom. The maximum absolute atomic E-state index is 12.5. The van der Waals surface area contributed by atoms with Crippen LogP contribution in [0.1, 0.15) is 11.7 Å². The third-order valence-corrected chi connectivity index (χ3v) is 1.84. The second kappa shape index (κ2) is 4.17. The van der Waals surface area contributed by atoms with Gasteiger partial charge >= 0.3 is 5.97 Å². The van der Waals surface area contributed by atoms with Crippen molar-refractivity contribution in [3.8, 4) is 0 Å². The Balaban J connectivity index is 2.84. The highest BCUT2D eigenvalue weighted by Crippen LogP contribution is 2.15. The van der Waals surface area contributed by atoms with E-state index in [9.17, 15) is 14.3 Å². The summed E-state index contributed by atoms with van der Waals surface area (Å²) < 4.78 is 12.5. The van der Waals surface area contributed by atoms with Crippen LogP contribution in [0.5, 0.6) is 0 Å². The number of rotatable bonds is 3. The van der Waals surface area contributed by atoms with Crippen LogP contribution >= 0.6 is 0 Å². The number of hydrogen-bond acceptors (Lipinski definition) is 3. The fourth-order valence-corrected chi connectivity index (χ4v) is 1.00. The molecule has 4 N–H and O–H groups in total. The summed E-state index contributed by atoms with van der Waals surface area (Å²) in [6.07, 6.45) is -1.33. The normalized spacial score (nSPS) is 14.8. The molecule has 14 heavy (non-hydrogen) atoms. The molecule has 2 atom stereocenters. The summed E-state index contributed by atoms with van der Waals surface area (Å²) in [7, 11) is 0. The van der Waals surface area contributed by atoms with E-state index in [0.717, 1.165) is 12.1 Å². The first-order chi connectivity index (χ1) is 6.52. The first kappa shape index (κ1) is 10.6. The molecule has 0 saturated carbocycles. The quantitative estimate of drug-likeness (QED) is 0.652. The van der Waals surface area contributed by atoms with Gasteiger partial charge < -0.3 is 15.9 Å². The Kier molecular flexibility index (Phi) is 3.16. The lowest BCUT2D eigenvalue weighted by molar-refractivity contribution is -0.141. The number of carbonyl (C=O) groups is 1. The molecule has 0 bridgehead atoms. The first-order valence-electron chi connectivity index (χ1n) is 3.94. The van der Waals surface area contributed by atoms with Crippen LogP contribution in [-0.4, -0.2) is 22.2 Å². The molecule has 0 aromatic heterocycles. The molecule has 5 heteroatoms. The fraction of sp³-hybridized carbons (Fsp3) is 0.222. The maximum atomic E-state index is 12.5. The molecule has 76 valence electrons. The van der Waals surface area contributed by atoms with Gasteiger partial charge in [-0.15, -0.1) is 0 Å². The Labute approximate surface area is 79.8 Å². The Bertz CT molecular complexity index is 325. The van der Waals surface area contributed by atoms with Gasteiger partial charge in [0, 0.05) is 0 Å². The summed E-state index contributed by atoms with van der Waals surface area (Å²) in [6.45, 7) is 0. The van der Waals surface area contributed by atoms with Crippen molar-refractivity contribution in [1.82, 2.24) is 0 Å². The van der Waals surface area contributed by atoms with Crippen LogP contribution in [0.3, 0.4) is 0 Å². The molecule has 4 nitrogen and oxygen atoms in total. The highest BCUT2D eigenvalue weighted by Gasteiger charge is 2.23. The van der Waals surface area contributed by atoms with Gasteiger partial charge in [0.05, 0.1) is 0 Å². The third-order valence-electron chi connectivity index (χ3n) is 1.84. The molecule has 1 aromatic rings. The zero-order chi connectivity index (χ0) is 10.7. The van der Waals surface area contributed by atoms with Crippen molar-refractivity contribution in [3.05, 3.63) is 35.6 Å². The summed E-state index contributed by atoms with van der Waals surface area (Å²) in [5.41, 5.74) is 5.47. The van der Waals surface area contributed by atoms with Gasteiger partial charge in [-0.25, -0.2) is 4.39 Å². The standard InChI is InChI=1S/C9H10FNO3/c10-6-3-1-5(2-4-6)8(12)7(11)9(13)14/h1-4,7-8,12H,11H2,(H,13,14)/t7-,8?/m1/s1. The average molecular weight is 199 g/mol. The highest BCUT2D eigenvalue weighted by molar-refractivity contribution is 5.74. The minimum Gasteiger partial charge on any atom is -0.480 e. The van der Waals surface area contributed by atoms with E-state index in [0.29, 0.717) is 0 Å². The summed E-state index contributed by atoms with van der Waals surface area (Å²) in [5, 5.41) is 17.9. The van der Waals surface area contributed by atoms with Gasteiger partial charge in [-0.05, 0) is 17.7 Å². The van der Waals surface area contributed by atoms with Crippen molar-refractivity contribution < 1.29 is 19.4 Å². The van der Waals surface area contributed by atoms with Crippen molar-refractivity contribution >= 4 is 5.97 Å². The number of aliphatic carboxylic acids is 1. The molecule has 1 unspecified atom stereocenters. The number of halogens is 1. The first-order valence-corrected chi connectivity index (χ1v) is 3.94. The van der Waals surface area contributed by atoms with E-state index in [2.05, 4.69) is 0 Å². The van der Waals surface area contributed by atoms with Crippen LogP contribution in [0.15, 0.2) is 24.3 Å². The number of aliphatic hydroxyl groups excluding tert-OH is 1. The van der Waals surface area contributed by atoms with Gasteiger partial charge in [0.1, 0.15) is 18.0 Å². The largest absolute Gasteiger partial charge is 0.480 e. The molecule has 0 heterocycles. The molecule has 0 radical (unpaired) electrons. The number of hydrogen-bond donors (Lipinski definition) is 3. The Hall–Kier alpha value is -1.46. The lowest BCUT2D eigenvalue weighted by atomic mass is 10.0. The van der Waals surface area contributed by atoms with Crippen molar-refractivity contribution in [3.63, 3.8) is 0 Å². The van der Waals surface area contributed by atoms with E-state index < -0.39 is 23.9 Å². The van der Waals surface area contributed by atoms with E-state index >= 15 is 0 Å². The van der Waals surface area contributed by atoms with E-state index in [1.165, 1.54) is 12.1 Å². The smallest absolute Gasteiger partial charge is 0.323 e. The van der Waals surface area contributed by atoms with Crippen molar-refractivity contribution in [2.24, 2.45) is 5.73 Å². The van der Waals surface area contributed by atoms with Crippen LogP contribution in [0.25, 0.3) is 0 Å². The number of carboxylic acid groups (broad SMARTS) is 1. The minimum absolute atomic E-state index is 0.279. The highest BCUT2D eigenvalue weighted by atomic mass is 19.1. The zero-order valence-corrected chi connectivity index (χ0v) is 7.22. The Morgan fingerprint density at radius 3 is 2.29 bits per heavy atom. The molecular weight excluding hydrogens is 189 g/mol. The van der Waals surface area contributed by atoms with Crippen LogP contribution < -0.4 is 5.73 Å². The van der Waals surface area contributed by atoms with E-state index in [1.807, 2.05) is 0 Å². The fourth-order valence-electron chi connectivity index (χ4n) is 1.00. The number of benzene rings is 1. The minimum atomic E-state index is -1.40. The third kappa shape index (κ3) is 2.27. The van der Waals surface area contributed by atoms with Gasteiger partial charge in [0.25, 0.3) is 0 Å². The molecular formula is C9H10FNO3. The predicted molar refractivity (Wildman–Crippen MR) is 47.0 cm³/mol. The van der Waals surface area contributed by atoms with Crippen LogP contribution in [0, 0.1) is 5.82 Å². The second-order valence-electron chi connectivity index (χ2n) is 2.86. The topological polar surface area (TPSA) is 83.6 Å². The van der Waals surface area contributed by atoms with Gasteiger partial charge in [0.15, 0.2) is 0 Å². The van der Waals surface area contributed by atoms with E-state index in [4.69, 9.17) is 10.8 Å². The second-order valence-corrected chi connectivity index (χ2v) is 2.86. The number of aliphatic hydroxyl groups is 1. The summed E-state index contributed by atoms with van der Waals surface area (Å²) in [6, 6.07) is 3.45. The SMILES string of the molecule is N[C@@H](C(=O)O)C(O)c1ccc(F)cc1. The molecule has 0 aliphatic heterocycles. The lowest BCUT2D eigenvalue weighted by Crippen LogP contribution is -2.36. The molecule has 0 amide bonds. The van der Waals surface area contributed by atoms with Gasteiger partial charge in [-0.1, -0.05) is 12.1 Å². The van der Waals surface area contributed by atoms with Crippen molar-refractivity contribution in [2.45, 2.75) is 12.1 Å². The molecule has 0 spiro atoms. The molecule has 0 saturated heterocycles. The summed E-state index contributed by atoms with van der Waals surface area (Å²) >= 11 is 0. The zero-order valence-electron chi connectivity index (χ0n) is 7.22. The van der Waals surface area contributed by atoms with Gasteiger partial charge in [-0.3, -0.25) is 4.79 Å². The van der Waals surface area contributed by atoms with E-state index in [1.54, 1.807) is 0 Å². The Morgan fingerprint density at radius 1 is 1.36 bits per heavy atom. The predicted octanol–water partition coefficient (Wildman–Crippen LogP) is 0.271. The van der Waals surface area contributed by atoms with Crippen LogP contribution in [0.4, 0.5) is 4.39 Å². The lowest BCUT2D eigenvalue weighted by Gasteiger charge is -2.14. The molecule has 1 rings (SSSR count). The average Bonchev–Trinajstić information content (AvgIpc) is 2.16. The summed E-state index contributed by atoms with van der Waals surface area (Å²) in [5.74, 6) is -1.76. The molecule has 0 aliphatic carbocycles. The number of nitrogens with two attached hydrogens (primary N) is 1. The van der Waals surface area contributed by atoms with Crippen LogP contribution in [-0.2, 0) is 4.79 Å². The van der Waals surface area contributed by atoms with Gasteiger partial charge in [0.2, 0.25) is 0 Å². The number of carboxylic acids is 1. The monoisotopic (exact) mass is 199 g/mol. The van der Waals surface area contributed by atoms with Crippen molar-refractivity contribution in [2.75, 3.05) is 0 Å². The molecule has 0 aliphatic rings. The van der Waals surface area contributed by atoms with Gasteiger partial charge in [-0.2, -0.15) is 0 Å². The van der Waals surface area contributed by atoms with E-state index in [-0.39, 0.29) is 5.56 Å². The maximum Gasteiger partial charge on any atom is 0.323 e. The van der Waals surface area contributed by atoms with Crippen LogP contribution in [0.2, 0.25) is 0 Å². The molecule has 0 fully saturated rings. The molecule has 1 aromatic carbocycles. The van der Waals surface area contributed by atoms with Crippen molar-refractivity contribution in [1.29, 1.82) is 0 Å². The summed E-state index contributed by atoms with van der Waals surface area (Å²) in [4.78, 5) is 10.4.